The predicted octanol–water partition coefficient (Wildman–Crippen LogP) is 3.35. The quantitative estimate of drug-likeness (QED) is 0.764. The number of carbonyl (C=O) groups is 2. The number of pyridine rings is 1. The van der Waals surface area contributed by atoms with Crippen LogP contribution < -0.4 is 10.1 Å². The third-order valence-corrected chi connectivity index (χ3v) is 4.72. The van der Waals surface area contributed by atoms with Crippen molar-refractivity contribution in [3.63, 3.8) is 0 Å². The van der Waals surface area contributed by atoms with Crippen molar-refractivity contribution in [2.24, 2.45) is 0 Å². The molecule has 2 amide bonds. The van der Waals surface area contributed by atoms with Crippen LogP contribution in [0.3, 0.4) is 0 Å². The number of ether oxygens (including phenoxy) is 1. The van der Waals surface area contributed by atoms with E-state index >= 15 is 0 Å². The van der Waals surface area contributed by atoms with Gasteiger partial charge in [-0.1, -0.05) is 17.7 Å². The van der Waals surface area contributed by atoms with Crippen LogP contribution in [0.1, 0.15) is 42.7 Å². The number of benzene rings is 1. The molecule has 0 aliphatic carbocycles. The minimum atomic E-state index is -0.164. The number of piperidine rings is 1. The minimum Gasteiger partial charge on any atom is -0.490 e. The van der Waals surface area contributed by atoms with Crippen molar-refractivity contribution in [3.05, 3.63) is 71.6 Å². The molecule has 0 bridgehead atoms. The van der Waals surface area contributed by atoms with Crippen LogP contribution in [0.2, 0.25) is 0 Å². The normalized spacial score (nSPS) is 14.2. The largest absolute Gasteiger partial charge is 0.490 e. The zero-order valence-electron chi connectivity index (χ0n) is 16.9. The summed E-state index contributed by atoms with van der Waals surface area (Å²) in [4.78, 5) is 30.6. The number of amides is 2. The van der Waals surface area contributed by atoms with Crippen LogP contribution in [0.25, 0.3) is 0 Å². The van der Waals surface area contributed by atoms with Crippen molar-refractivity contribution in [2.45, 2.75) is 39.3 Å². The topological polar surface area (TPSA) is 71.5 Å². The number of aromatic nitrogens is 1. The Morgan fingerprint density at radius 1 is 1.17 bits per heavy atom. The first kappa shape index (κ1) is 20.6. The van der Waals surface area contributed by atoms with Gasteiger partial charge in [0.15, 0.2) is 0 Å². The van der Waals surface area contributed by atoms with Gasteiger partial charge in [0.1, 0.15) is 11.9 Å². The van der Waals surface area contributed by atoms with Gasteiger partial charge in [-0.25, -0.2) is 0 Å². The predicted molar refractivity (Wildman–Crippen MR) is 112 cm³/mol. The van der Waals surface area contributed by atoms with E-state index in [0.29, 0.717) is 30.9 Å². The van der Waals surface area contributed by atoms with Crippen LogP contribution in [-0.2, 0) is 11.3 Å². The molecule has 1 fully saturated rings. The molecule has 1 aliphatic rings. The molecule has 2 aromatic rings. The van der Waals surface area contributed by atoms with Gasteiger partial charge in [0.25, 0.3) is 5.91 Å². The molecule has 6 nitrogen and oxygen atoms in total. The zero-order chi connectivity index (χ0) is 20.6. The van der Waals surface area contributed by atoms with Gasteiger partial charge >= 0.3 is 0 Å². The summed E-state index contributed by atoms with van der Waals surface area (Å²) in [6, 6.07) is 12.8. The summed E-state index contributed by atoms with van der Waals surface area (Å²) < 4.78 is 6.07. The summed E-state index contributed by atoms with van der Waals surface area (Å²) in [5, 5.41) is 2.87. The van der Waals surface area contributed by atoms with Crippen molar-refractivity contribution in [1.82, 2.24) is 15.2 Å². The van der Waals surface area contributed by atoms with Crippen LogP contribution in [0.5, 0.6) is 5.75 Å². The second-order valence-corrected chi connectivity index (χ2v) is 7.40. The van der Waals surface area contributed by atoms with Crippen molar-refractivity contribution < 1.29 is 14.3 Å². The van der Waals surface area contributed by atoms with Gasteiger partial charge in [-0.15, -0.1) is 0 Å². The molecule has 0 saturated carbocycles. The van der Waals surface area contributed by atoms with Gasteiger partial charge in [0.2, 0.25) is 5.91 Å². The highest BCUT2D eigenvalue weighted by molar-refractivity contribution is 5.94. The third-order valence-electron chi connectivity index (χ3n) is 4.72. The van der Waals surface area contributed by atoms with Crippen LogP contribution in [0, 0.1) is 0 Å². The highest BCUT2D eigenvalue weighted by Gasteiger charge is 2.23. The lowest BCUT2D eigenvalue weighted by Crippen LogP contribution is -2.41. The highest BCUT2D eigenvalue weighted by atomic mass is 16.5. The van der Waals surface area contributed by atoms with E-state index in [0.717, 1.165) is 24.1 Å². The van der Waals surface area contributed by atoms with Gasteiger partial charge < -0.3 is 15.0 Å². The van der Waals surface area contributed by atoms with Crippen molar-refractivity contribution >= 4 is 11.8 Å². The Morgan fingerprint density at radius 3 is 2.66 bits per heavy atom. The number of allylic oxidation sites excluding steroid dienone is 1. The lowest BCUT2D eigenvalue weighted by atomic mass is 10.1. The summed E-state index contributed by atoms with van der Waals surface area (Å²) in [5.74, 6) is 0.572. The molecule has 6 heteroatoms. The van der Waals surface area contributed by atoms with Crippen molar-refractivity contribution in [2.75, 3.05) is 13.1 Å². The fourth-order valence-corrected chi connectivity index (χ4v) is 3.21. The first-order chi connectivity index (χ1) is 14.0. The first-order valence-electron chi connectivity index (χ1n) is 9.90. The van der Waals surface area contributed by atoms with E-state index in [1.54, 1.807) is 24.4 Å². The molecule has 0 spiro atoms. The number of rotatable bonds is 6. The van der Waals surface area contributed by atoms with Gasteiger partial charge in [-0.2, -0.15) is 0 Å². The molecule has 1 aromatic carbocycles. The van der Waals surface area contributed by atoms with Crippen molar-refractivity contribution in [3.8, 4) is 5.75 Å². The Kier molecular flexibility index (Phi) is 7.00. The Hall–Kier alpha value is -3.15. The van der Waals surface area contributed by atoms with E-state index in [4.69, 9.17) is 4.74 Å². The molecule has 3 rings (SSSR count). The number of hydrogen-bond acceptors (Lipinski definition) is 4. The molecular weight excluding hydrogens is 366 g/mol. The van der Waals surface area contributed by atoms with Gasteiger partial charge in [-0.3, -0.25) is 14.6 Å². The van der Waals surface area contributed by atoms with Gasteiger partial charge in [0.05, 0.1) is 12.2 Å². The molecule has 29 heavy (non-hydrogen) atoms. The van der Waals surface area contributed by atoms with Gasteiger partial charge in [0, 0.05) is 43.8 Å². The number of likely N-dealkylation sites (tertiary alicyclic amines) is 1. The molecular formula is C23H27N3O3. The van der Waals surface area contributed by atoms with Crippen LogP contribution >= 0.6 is 0 Å². The van der Waals surface area contributed by atoms with E-state index in [1.807, 2.05) is 49.1 Å². The standard InChI is InChI=1S/C23H27N3O3/c1-17(2)14-22(27)26-12-9-20(10-13-26)29-21-8-5-6-18(15-21)23(28)25-16-19-7-3-4-11-24-19/h3-8,11,14-15,20H,9-10,12-13,16H2,1-2H3,(H,25,28). The number of carbonyl (C=O) groups excluding carboxylic acids is 2. The summed E-state index contributed by atoms with van der Waals surface area (Å²) in [5.41, 5.74) is 2.36. The Bertz CT molecular complexity index is 868. The summed E-state index contributed by atoms with van der Waals surface area (Å²) in [6.07, 6.45) is 4.97. The van der Waals surface area contributed by atoms with Gasteiger partial charge in [-0.05, 0) is 44.2 Å². The smallest absolute Gasteiger partial charge is 0.251 e. The van der Waals surface area contributed by atoms with E-state index in [2.05, 4.69) is 10.3 Å². The Balaban J connectivity index is 1.52. The minimum absolute atomic E-state index is 0.0394. The molecule has 1 saturated heterocycles. The molecule has 1 N–H and O–H groups in total. The molecule has 0 atom stereocenters. The monoisotopic (exact) mass is 393 g/mol. The van der Waals surface area contributed by atoms with E-state index < -0.39 is 0 Å². The van der Waals surface area contributed by atoms with Crippen LogP contribution in [0.15, 0.2) is 60.3 Å². The molecule has 1 aliphatic heterocycles. The third kappa shape index (κ3) is 6.17. The molecule has 1 aromatic heterocycles. The molecule has 2 heterocycles. The average molecular weight is 393 g/mol. The fourth-order valence-electron chi connectivity index (χ4n) is 3.21. The molecule has 0 unspecified atom stereocenters. The fraction of sp³-hybridized carbons (Fsp3) is 0.348. The maximum Gasteiger partial charge on any atom is 0.251 e. The second-order valence-electron chi connectivity index (χ2n) is 7.40. The van der Waals surface area contributed by atoms with Crippen LogP contribution in [0.4, 0.5) is 0 Å². The summed E-state index contributed by atoms with van der Waals surface area (Å²) in [7, 11) is 0. The van der Waals surface area contributed by atoms with E-state index in [-0.39, 0.29) is 17.9 Å². The lowest BCUT2D eigenvalue weighted by molar-refractivity contribution is -0.127. The Morgan fingerprint density at radius 2 is 1.97 bits per heavy atom. The summed E-state index contributed by atoms with van der Waals surface area (Å²) in [6.45, 7) is 5.58. The average Bonchev–Trinajstić information content (AvgIpc) is 2.73. The maximum absolute atomic E-state index is 12.4. The van der Waals surface area contributed by atoms with E-state index in [1.165, 1.54) is 0 Å². The van der Waals surface area contributed by atoms with Crippen LogP contribution in [-0.4, -0.2) is 40.9 Å². The SMILES string of the molecule is CC(C)=CC(=O)N1CCC(Oc2cccc(C(=O)NCc3ccccn3)c2)CC1. The number of nitrogens with zero attached hydrogens (tertiary/aromatic N) is 2. The van der Waals surface area contributed by atoms with E-state index in [9.17, 15) is 9.59 Å². The lowest BCUT2D eigenvalue weighted by Gasteiger charge is -2.31. The second kappa shape index (κ2) is 9.87. The highest BCUT2D eigenvalue weighted by Crippen LogP contribution is 2.20. The first-order valence-corrected chi connectivity index (χ1v) is 9.90. The maximum atomic E-state index is 12.4. The summed E-state index contributed by atoms with van der Waals surface area (Å²) >= 11 is 0. The zero-order valence-corrected chi connectivity index (χ0v) is 16.9. The number of hydrogen-bond donors (Lipinski definition) is 1. The number of nitrogens with one attached hydrogen (secondary N) is 1. The molecule has 152 valence electrons. The Labute approximate surface area is 171 Å². The van der Waals surface area contributed by atoms with Crippen molar-refractivity contribution in [1.29, 1.82) is 0 Å². The molecule has 0 radical (unpaired) electrons.